The van der Waals surface area contributed by atoms with Crippen molar-refractivity contribution in [1.82, 2.24) is 0 Å². The molecule has 0 atom stereocenters. The monoisotopic (exact) mass is 322 g/mol. The smallest absolute Gasteiger partial charge is 0.164 e. The molecule has 0 radical (unpaired) electrons. The van der Waals surface area contributed by atoms with E-state index in [1.807, 2.05) is 30.3 Å². The lowest BCUT2D eigenvalue weighted by Gasteiger charge is -2.04. The summed E-state index contributed by atoms with van der Waals surface area (Å²) >= 11 is 9.22. The largest absolute Gasteiger partial charge is 0.294 e. The molecule has 0 amide bonds. The van der Waals surface area contributed by atoms with Crippen molar-refractivity contribution in [1.29, 1.82) is 0 Å². The highest BCUT2D eigenvalue weighted by Gasteiger charge is 2.10. The first kappa shape index (κ1) is 13.3. The first-order valence-corrected chi connectivity index (χ1v) is 6.86. The third-order valence-corrected chi connectivity index (χ3v) is 3.61. The molecule has 0 saturated carbocycles. The summed E-state index contributed by atoms with van der Waals surface area (Å²) in [6.45, 7) is 0. The second-order valence-corrected chi connectivity index (χ2v) is 5.32. The van der Waals surface area contributed by atoms with Crippen molar-refractivity contribution in [2.75, 3.05) is 0 Å². The van der Waals surface area contributed by atoms with E-state index in [2.05, 4.69) is 15.9 Å². The van der Waals surface area contributed by atoms with Gasteiger partial charge in [-0.25, -0.2) is 0 Å². The zero-order valence-corrected chi connectivity index (χ0v) is 12.0. The fourth-order valence-electron chi connectivity index (χ4n) is 1.75. The maximum Gasteiger partial charge on any atom is 0.164 e. The van der Waals surface area contributed by atoms with Crippen molar-refractivity contribution in [2.24, 2.45) is 0 Å². The number of rotatable bonds is 4. The van der Waals surface area contributed by atoms with Gasteiger partial charge in [0.2, 0.25) is 0 Å². The lowest BCUT2D eigenvalue weighted by atomic mass is 10.0. The quantitative estimate of drug-likeness (QED) is 0.730. The van der Waals surface area contributed by atoms with E-state index in [4.69, 9.17) is 11.6 Å². The summed E-state index contributed by atoms with van der Waals surface area (Å²) in [6.07, 6.45) is 1.26. The van der Waals surface area contributed by atoms with Gasteiger partial charge in [-0.15, -0.1) is 0 Å². The predicted octanol–water partition coefficient (Wildman–Crippen LogP) is 4.92. The van der Waals surface area contributed by atoms with Crippen LogP contribution in [-0.4, -0.2) is 5.78 Å². The van der Waals surface area contributed by atoms with E-state index < -0.39 is 0 Å². The Balaban J connectivity index is 2.04. The minimum absolute atomic E-state index is 0.127. The van der Waals surface area contributed by atoms with Crippen molar-refractivity contribution in [2.45, 2.75) is 12.8 Å². The Labute approximate surface area is 120 Å². The van der Waals surface area contributed by atoms with E-state index >= 15 is 0 Å². The summed E-state index contributed by atoms with van der Waals surface area (Å²) < 4.78 is 0.757. The van der Waals surface area contributed by atoms with Crippen LogP contribution in [0.5, 0.6) is 0 Å². The molecule has 0 aliphatic carbocycles. The third kappa shape index (κ3) is 3.44. The Kier molecular flexibility index (Phi) is 4.56. The Morgan fingerprint density at radius 1 is 1.11 bits per heavy atom. The molecule has 0 bridgehead atoms. The van der Waals surface area contributed by atoms with Crippen LogP contribution in [-0.2, 0) is 6.42 Å². The van der Waals surface area contributed by atoms with Crippen LogP contribution in [0.15, 0.2) is 53.0 Å². The van der Waals surface area contributed by atoms with Crippen LogP contribution >= 0.6 is 27.5 Å². The molecular formula is C15H12BrClO. The van der Waals surface area contributed by atoms with Crippen molar-refractivity contribution in [3.63, 3.8) is 0 Å². The van der Waals surface area contributed by atoms with Crippen LogP contribution in [0, 0.1) is 0 Å². The highest BCUT2D eigenvalue weighted by Crippen LogP contribution is 2.23. The molecule has 0 unspecified atom stereocenters. The fourth-order valence-corrected chi connectivity index (χ4v) is 2.66. The molecule has 92 valence electrons. The molecule has 18 heavy (non-hydrogen) atoms. The summed E-state index contributed by atoms with van der Waals surface area (Å²) in [6, 6.07) is 15.3. The van der Waals surface area contributed by atoms with Crippen LogP contribution in [0.25, 0.3) is 0 Å². The van der Waals surface area contributed by atoms with E-state index in [-0.39, 0.29) is 5.78 Å². The zero-order valence-electron chi connectivity index (χ0n) is 9.70. The third-order valence-electron chi connectivity index (χ3n) is 2.72. The maximum atomic E-state index is 12.1. The molecule has 0 aliphatic rings. The van der Waals surface area contributed by atoms with Gasteiger partial charge in [-0.1, -0.05) is 41.9 Å². The Hall–Kier alpha value is -1.12. The number of aryl methyl sites for hydroxylation is 1. The van der Waals surface area contributed by atoms with Crippen molar-refractivity contribution in [3.8, 4) is 0 Å². The molecule has 0 spiro atoms. The Bertz CT molecular complexity index is 552. The SMILES string of the molecule is O=C(CCc1ccccc1)c1ccc(Cl)cc1Br. The van der Waals surface area contributed by atoms with E-state index in [9.17, 15) is 4.79 Å². The van der Waals surface area contributed by atoms with Gasteiger partial charge in [-0.05, 0) is 46.1 Å². The molecule has 1 nitrogen and oxygen atoms in total. The molecule has 2 aromatic carbocycles. The van der Waals surface area contributed by atoms with Crippen LogP contribution in [0.4, 0.5) is 0 Å². The first-order chi connectivity index (χ1) is 8.66. The summed E-state index contributed by atoms with van der Waals surface area (Å²) in [7, 11) is 0. The maximum absolute atomic E-state index is 12.1. The predicted molar refractivity (Wildman–Crippen MR) is 78.2 cm³/mol. The lowest BCUT2D eigenvalue weighted by molar-refractivity contribution is 0.0982. The van der Waals surface area contributed by atoms with Crippen LogP contribution < -0.4 is 0 Å². The van der Waals surface area contributed by atoms with Gasteiger partial charge in [-0.3, -0.25) is 4.79 Å². The minimum Gasteiger partial charge on any atom is -0.294 e. The Morgan fingerprint density at radius 2 is 1.83 bits per heavy atom. The molecule has 0 heterocycles. The second kappa shape index (κ2) is 6.17. The van der Waals surface area contributed by atoms with Crippen molar-refractivity contribution >= 4 is 33.3 Å². The molecule has 0 aliphatic heterocycles. The summed E-state index contributed by atoms with van der Waals surface area (Å²) in [5, 5.41) is 0.626. The normalized spacial score (nSPS) is 10.3. The highest BCUT2D eigenvalue weighted by atomic mass is 79.9. The molecule has 0 aromatic heterocycles. The van der Waals surface area contributed by atoms with Gasteiger partial charge in [0.25, 0.3) is 0 Å². The average Bonchev–Trinajstić information content (AvgIpc) is 2.37. The number of hydrogen-bond donors (Lipinski definition) is 0. The number of halogens is 2. The minimum atomic E-state index is 0.127. The standard InChI is InChI=1S/C15H12BrClO/c16-14-10-12(17)7-8-13(14)15(18)9-6-11-4-2-1-3-5-11/h1-5,7-8,10H,6,9H2. The van der Waals surface area contributed by atoms with Gasteiger partial charge in [0.1, 0.15) is 0 Å². The lowest BCUT2D eigenvalue weighted by Crippen LogP contribution is -2.02. The average molecular weight is 324 g/mol. The molecular weight excluding hydrogens is 312 g/mol. The van der Waals surface area contributed by atoms with E-state index in [1.54, 1.807) is 18.2 Å². The summed E-state index contributed by atoms with van der Waals surface area (Å²) in [5.74, 6) is 0.127. The molecule has 0 fully saturated rings. The molecule has 2 rings (SSSR count). The number of carbonyl (C=O) groups excluding carboxylic acids is 1. The Morgan fingerprint density at radius 3 is 2.50 bits per heavy atom. The molecule has 0 saturated heterocycles. The van der Waals surface area contributed by atoms with E-state index in [0.29, 0.717) is 17.0 Å². The zero-order chi connectivity index (χ0) is 13.0. The van der Waals surface area contributed by atoms with Crippen molar-refractivity contribution in [3.05, 3.63) is 69.2 Å². The van der Waals surface area contributed by atoms with Crippen LogP contribution in [0.2, 0.25) is 5.02 Å². The topological polar surface area (TPSA) is 17.1 Å². The van der Waals surface area contributed by atoms with Gasteiger partial charge in [0.15, 0.2) is 5.78 Å². The summed E-state index contributed by atoms with van der Waals surface area (Å²) in [5.41, 5.74) is 1.87. The van der Waals surface area contributed by atoms with Crippen molar-refractivity contribution < 1.29 is 4.79 Å². The molecule has 2 aromatic rings. The fraction of sp³-hybridized carbons (Fsp3) is 0.133. The van der Waals surface area contributed by atoms with Gasteiger partial charge < -0.3 is 0 Å². The molecule has 3 heteroatoms. The van der Waals surface area contributed by atoms with Crippen LogP contribution in [0.3, 0.4) is 0 Å². The van der Waals surface area contributed by atoms with Crippen LogP contribution in [0.1, 0.15) is 22.3 Å². The highest BCUT2D eigenvalue weighted by molar-refractivity contribution is 9.10. The number of ketones is 1. The number of carbonyl (C=O) groups is 1. The number of benzene rings is 2. The molecule has 0 N–H and O–H groups in total. The van der Waals surface area contributed by atoms with E-state index in [1.165, 1.54) is 5.56 Å². The second-order valence-electron chi connectivity index (χ2n) is 4.03. The van der Waals surface area contributed by atoms with Gasteiger partial charge >= 0.3 is 0 Å². The van der Waals surface area contributed by atoms with Gasteiger partial charge in [0, 0.05) is 21.5 Å². The number of hydrogen-bond acceptors (Lipinski definition) is 1. The van der Waals surface area contributed by atoms with Gasteiger partial charge in [-0.2, -0.15) is 0 Å². The van der Waals surface area contributed by atoms with E-state index in [0.717, 1.165) is 10.9 Å². The summed E-state index contributed by atoms with van der Waals surface area (Å²) in [4.78, 5) is 12.1. The first-order valence-electron chi connectivity index (χ1n) is 5.69. The van der Waals surface area contributed by atoms with Gasteiger partial charge in [0.05, 0.1) is 0 Å². The number of Topliss-reactive ketones (excluding diaryl/α,β-unsaturated/α-hetero) is 1.